The van der Waals surface area contributed by atoms with E-state index in [2.05, 4.69) is 15.9 Å². The number of halogens is 1. The second kappa shape index (κ2) is 4.60. The molecular weight excluding hydrogens is 244 g/mol. The van der Waals surface area contributed by atoms with Crippen LogP contribution in [0.1, 0.15) is 25.3 Å². The molecule has 1 rings (SSSR count). The molecule has 0 bridgehead atoms. The molecule has 0 N–H and O–H groups in total. The minimum Gasteiger partial charge on any atom is -0.497 e. The van der Waals surface area contributed by atoms with Crippen LogP contribution in [0.2, 0.25) is 0 Å². The summed E-state index contributed by atoms with van der Waals surface area (Å²) in [6.07, 6.45) is 0. The van der Waals surface area contributed by atoms with Crippen molar-refractivity contribution in [1.82, 2.24) is 0 Å². The molecule has 1 aromatic carbocycles. The third-order valence-corrected chi connectivity index (χ3v) is 3.00. The van der Waals surface area contributed by atoms with Crippen LogP contribution in [0.3, 0.4) is 0 Å². The number of hydrogen-bond acceptors (Lipinski definition) is 2. The number of ketones is 1. The predicted octanol–water partition coefficient (Wildman–Crippen LogP) is 3.15. The molecule has 1 aromatic rings. The number of rotatable bonds is 3. The zero-order valence-electron chi connectivity index (χ0n) is 8.50. The molecule has 0 aromatic heterocycles. The molecule has 0 fully saturated rings. The van der Waals surface area contributed by atoms with E-state index < -0.39 is 0 Å². The second-order valence-corrected chi connectivity index (χ2v) is 4.07. The van der Waals surface area contributed by atoms with Crippen LogP contribution in [0.5, 0.6) is 5.75 Å². The molecule has 0 saturated heterocycles. The number of methoxy groups -OCH3 is 1. The van der Waals surface area contributed by atoms with Gasteiger partial charge < -0.3 is 4.74 Å². The minimum absolute atomic E-state index is 0.0977. The molecule has 0 aliphatic rings. The molecule has 0 spiro atoms. The first-order chi connectivity index (χ1) is 6.56. The number of hydrogen-bond donors (Lipinski definition) is 0. The summed E-state index contributed by atoms with van der Waals surface area (Å²) < 4.78 is 6.05. The van der Waals surface area contributed by atoms with Crippen LogP contribution in [0.15, 0.2) is 22.7 Å². The zero-order chi connectivity index (χ0) is 10.7. The average Bonchev–Trinajstić information content (AvgIpc) is 2.17. The number of carbonyl (C=O) groups excluding carboxylic acids is 1. The van der Waals surface area contributed by atoms with Crippen LogP contribution in [-0.2, 0) is 4.79 Å². The summed E-state index contributed by atoms with van der Waals surface area (Å²) in [7, 11) is 1.62. The van der Waals surface area contributed by atoms with Crippen molar-refractivity contribution in [2.75, 3.05) is 7.11 Å². The van der Waals surface area contributed by atoms with Gasteiger partial charge in [0.25, 0.3) is 0 Å². The van der Waals surface area contributed by atoms with Gasteiger partial charge in [-0.05, 0) is 30.7 Å². The first kappa shape index (κ1) is 11.2. The molecule has 0 aliphatic heterocycles. The summed E-state index contributed by atoms with van der Waals surface area (Å²) in [6, 6.07) is 5.64. The number of benzene rings is 1. The topological polar surface area (TPSA) is 26.3 Å². The Balaban J connectivity index is 3.11. The molecule has 1 atom stereocenters. The Morgan fingerprint density at radius 3 is 2.64 bits per heavy atom. The van der Waals surface area contributed by atoms with Crippen molar-refractivity contribution < 1.29 is 9.53 Å². The van der Waals surface area contributed by atoms with Crippen LogP contribution in [0.25, 0.3) is 0 Å². The van der Waals surface area contributed by atoms with E-state index in [0.29, 0.717) is 0 Å². The largest absolute Gasteiger partial charge is 0.497 e. The van der Waals surface area contributed by atoms with Crippen molar-refractivity contribution in [3.05, 3.63) is 28.2 Å². The number of ether oxygens (including phenoxy) is 1. The SMILES string of the molecule is COc1ccc(Br)c(C(C)C(C)=O)c1. The van der Waals surface area contributed by atoms with Crippen molar-refractivity contribution in [2.24, 2.45) is 0 Å². The van der Waals surface area contributed by atoms with E-state index in [1.807, 2.05) is 25.1 Å². The van der Waals surface area contributed by atoms with Crippen LogP contribution in [0.4, 0.5) is 0 Å². The minimum atomic E-state index is -0.0977. The van der Waals surface area contributed by atoms with Crippen LogP contribution < -0.4 is 4.74 Å². The van der Waals surface area contributed by atoms with Crippen LogP contribution in [-0.4, -0.2) is 12.9 Å². The van der Waals surface area contributed by atoms with Crippen molar-refractivity contribution >= 4 is 21.7 Å². The summed E-state index contributed by atoms with van der Waals surface area (Å²) in [4.78, 5) is 11.2. The summed E-state index contributed by atoms with van der Waals surface area (Å²) in [6.45, 7) is 3.48. The Morgan fingerprint density at radius 2 is 2.14 bits per heavy atom. The van der Waals surface area contributed by atoms with E-state index in [0.717, 1.165) is 15.8 Å². The smallest absolute Gasteiger partial charge is 0.137 e. The van der Waals surface area contributed by atoms with Crippen molar-refractivity contribution in [3.8, 4) is 5.75 Å². The van der Waals surface area contributed by atoms with Crippen molar-refractivity contribution in [1.29, 1.82) is 0 Å². The number of Topliss-reactive ketones (excluding diaryl/α,β-unsaturated/α-hetero) is 1. The molecule has 14 heavy (non-hydrogen) atoms. The third-order valence-electron chi connectivity index (χ3n) is 2.28. The van der Waals surface area contributed by atoms with Gasteiger partial charge in [0.15, 0.2) is 0 Å². The maximum absolute atomic E-state index is 11.2. The highest BCUT2D eigenvalue weighted by molar-refractivity contribution is 9.10. The molecular formula is C11H13BrO2. The summed E-state index contributed by atoms with van der Waals surface area (Å²) in [5, 5.41) is 0. The van der Waals surface area contributed by atoms with E-state index >= 15 is 0 Å². The van der Waals surface area contributed by atoms with Gasteiger partial charge in [-0.3, -0.25) is 4.79 Å². The predicted molar refractivity (Wildman–Crippen MR) is 59.8 cm³/mol. The molecule has 0 heterocycles. The Bertz CT molecular complexity index is 347. The van der Waals surface area contributed by atoms with E-state index in [-0.39, 0.29) is 11.7 Å². The monoisotopic (exact) mass is 256 g/mol. The average molecular weight is 257 g/mol. The van der Waals surface area contributed by atoms with Gasteiger partial charge >= 0.3 is 0 Å². The van der Waals surface area contributed by atoms with Gasteiger partial charge in [0.1, 0.15) is 11.5 Å². The maximum atomic E-state index is 11.2. The molecule has 3 heteroatoms. The van der Waals surface area contributed by atoms with Crippen molar-refractivity contribution in [2.45, 2.75) is 19.8 Å². The van der Waals surface area contributed by atoms with E-state index in [4.69, 9.17) is 4.74 Å². The van der Waals surface area contributed by atoms with Crippen molar-refractivity contribution in [3.63, 3.8) is 0 Å². The van der Waals surface area contributed by atoms with Crippen LogP contribution in [0, 0.1) is 0 Å². The Labute approximate surface area is 92.4 Å². The van der Waals surface area contributed by atoms with Gasteiger partial charge in [0, 0.05) is 10.4 Å². The fourth-order valence-electron chi connectivity index (χ4n) is 1.20. The Morgan fingerprint density at radius 1 is 1.50 bits per heavy atom. The Kier molecular flexibility index (Phi) is 3.69. The van der Waals surface area contributed by atoms with E-state index in [9.17, 15) is 4.79 Å². The highest BCUT2D eigenvalue weighted by atomic mass is 79.9. The van der Waals surface area contributed by atoms with Gasteiger partial charge in [0.05, 0.1) is 7.11 Å². The molecule has 0 amide bonds. The lowest BCUT2D eigenvalue weighted by molar-refractivity contribution is -0.118. The quantitative estimate of drug-likeness (QED) is 0.831. The molecule has 0 saturated carbocycles. The van der Waals surface area contributed by atoms with Gasteiger partial charge in [0.2, 0.25) is 0 Å². The standard InChI is InChI=1S/C11H13BrO2/c1-7(8(2)13)10-6-9(14-3)4-5-11(10)12/h4-7H,1-3H3. The lowest BCUT2D eigenvalue weighted by Gasteiger charge is -2.11. The molecule has 1 unspecified atom stereocenters. The molecule has 2 nitrogen and oxygen atoms in total. The zero-order valence-corrected chi connectivity index (χ0v) is 10.1. The molecule has 76 valence electrons. The number of carbonyl (C=O) groups is 1. The first-order valence-corrected chi connectivity index (χ1v) is 5.19. The lowest BCUT2D eigenvalue weighted by atomic mass is 9.97. The maximum Gasteiger partial charge on any atom is 0.137 e. The molecule has 0 radical (unpaired) electrons. The summed E-state index contributed by atoms with van der Waals surface area (Å²) in [5.41, 5.74) is 0.969. The lowest BCUT2D eigenvalue weighted by Crippen LogP contribution is -2.05. The highest BCUT2D eigenvalue weighted by Gasteiger charge is 2.14. The summed E-state index contributed by atoms with van der Waals surface area (Å²) in [5.74, 6) is 0.828. The Hall–Kier alpha value is -0.830. The summed E-state index contributed by atoms with van der Waals surface area (Å²) >= 11 is 3.42. The van der Waals surface area contributed by atoms with E-state index in [1.165, 1.54) is 0 Å². The van der Waals surface area contributed by atoms with Gasteiger partial charge in [-0.25, -0.2) is 0 Å². The van der Waals surface area contributed by atoms with Gasteiger partial charge in [-0.15, -0.1) is 0 Å². The fourth-order valence-corrected chi connectivity index (χ4v) is 1.79. The highest BCUT2D eigenvalue weighted by Crippen LogP contribution is 2.29. The first-order valence-electron chi connectivity index (χ1n) is 4.40. The molecule has 0 aliphatic carbocycles. The fraction of sp³-hybridized carbons (Fsp3) is 0.364. The van der Waals surface area contributed by atoms with Gasteiger partial charge in [-0.2, -0.15) is 0 Å². The second-order valence-electron chi connectivity index (χ2n) is 3.22. The van der Waals surface area contributed by atoms with Crippen LogP contribution >= 0.6 is 15.9 Å². The van der Waals surface area contributed by atoms with Gasteiger partial charge in [-0.1, -0.05) is 22.9 Å². The van der Waals surface area contributed by atoms with E-state index in [1.54, 1.807) is 14.0 Å². The third kappa shape index (κ3) is 2.35. The normalized spacial score (nSPS) is 12.3.